The predicted molar refractivity (Wildman–Crippen MR) is 132 cm³/mol. The van der Waals surface area contributed by atoms with E-state index < -0.39 is 6.04 Å². The van der Waals surface area contributed by atoms with Gasteiger partial charge in [-0.05, 0) is 61.6 Å². The fourth-order valence-electron chi connectivity index (χ4n) is 3.86. The molecule has 1 saturated heterocycles. The van der Waals surface area contributed by atoms with E-state index in [1.807, 2.05) is 29.4 Å². The average molecular weight is 456 g/mol. The molecule has 1 N–H and O–H groups in total. The number of carbonyl (C=O) groups is 2. The minimum absolute atomic E-state index is 0.00674. The highest BCUT2D eigenvalue weighted by Crippen LogP contribution is 2.24. The summed E-state index contributed by atoms with van der Waals surface area (Å²) in [6.07, 6.45) is 2.61. The van der Waals surface area contributed by atoms with Crippen LogP contribution in [0.2, 0.25) is 0 Å². The molecule has 1 unspecified atom stereocenters. The smallest absolute Gasteiger partial charge is 0.258 e. The number of anilines is 1. The number of aryl methyl sites for hydroxylation is 1. The molecule has 1 atom stereocenters. The number of nitrogens with zero attached hydrogens (tertiary/aromatic N) is 2. The van der Waals surface area contributed by atoms with Crippen LogP contribution in [0, 0.1) is 13.8 Å². The van der Waals surface area contributed by atoms with Crippen molar-refractivity contribution < 1.29 is 14.3 Å². The summed E-state index contributed by atoms with van der Waals surface area (Å²) in [5.74, 6) is 1.16. The van der Waals surface area contributed by atoms with Crippen molar-refractivity contribution in [2.24, 2.45) is 0 Å². The monoisotopic (exact) mass is 455 g/mol. The molecule has 1 heterocycles. The van der Waals surface area contributed by atoms with Gasteiger partial charge in [0.05, 0.1) is 0 Å². The number of carbonyl (C=O) groups excluding carboxylic acids is 2. The molecule has 0 aliphatic carbocycles. The lowest BCUT2D eigenvalue weighted by atomic mass is 10.1. The summed E-state index contributed by atoms with van der Waals surface area (Å²) in [6.45, 7) is 7.05. The molecule has 0 saturated carbocycles. The van der Waals surface area contributed by atoms with Crippen LogP contribution in [0.5, 0.6) is 5.75 Å². The largest absolute Gasteiger partial charge is 0.484 e. The summed E-state index contributed by atoms with van der Waals surface area (Å²) < 4.78 is 5.53. The topological polar surface area (TPSA) is 61.9 Å². The molecule has 0 aromatic heterocycles. The number of hydrogen-bond acceptors (Lipinski definition) is 5. The highest BCUT2D eigenvalue weighted by Gasteiger charge is 2.29. The van der Waals surface area contributed by atoms with Crippen molar-refractivity contribution in [2.75, 3.05) is 49.7 Å². The number of benzene rings is 2. The molecule has 1 aliphatic rings. The fraction of sp³-hybridized carbons (Fsp3) is 0.440. The van der Waals surface area contributed by atoms with Gasteiger partial charge in [0.1, 0.15) is 11.8 Å². The van der Waals surface area contributed by atoms with E-state index in [1.54, 1.807) is 23.9 Å². The maximum absolute atomic E-state index is 13.2. The Hall–Kier alpha value is -2.67. The zero-order chi connectivity index (χ0) is 22.9. The first-order valence-electron chi connectivity index (χ1n) is 11.1. The molecule has 2 aromatic rings. The third kappa shape index (κ3) is 6.42. The second kappa shape index (κ2) is 11.8. The van der Waals surface area contributed by atoms with Gasteiger partial charge in [-0.3, -0.25) is 9.59 Å². The van der Waals surface area contributed by atoms with E-state index in [0.29, 0.717) is 25.3 Å². The Balaban J connectivity index is 1.56. The second-order valence-corrected chi connectivity index (χ2v) is 9.02. The van der Waals surface area contributed by atoms with Gasteiger partial charge in [0, 0.05) is 31.9 Å². The van der Waals surface area contributed by atoms with Gasteiger partial charge in [-0.2, -0.15) is 11.8 Å². The summed E-state index contributed by atoms with van der Waals surface area (Å²) >= 11 is 1.67. The minimum atomic E-state index is -0.526. The summed E-state index contributed by atoms with van der Waals surface area (Å²) in [5, 5.41) is 2.90. The van der Waals surface area contributed by atoms with Crippen LogP contribution in [0.25, 0.3) is 0 Å². The molecule has 0 spiro atoms. The van der Waals surface area contributed by atoms with Crippen molar-refractivity contribution >= 4 is 29.3 Å². The standard InChI is InChI=1S/C25H33N3O3S/c1-19-8-7-11-23(20(19)2)27-13-15-28(16-14-27)25(30)22(12-17-32-3)26-24(29)18-31-21-9-5-4-6-10-21/h4-11,22H,12-18H2,1-3H3,(H,26,29). The van der Waals surface area contributed by atoms with Crippen LogP contribution < -0.4 is 15.0 Å². The zero-order valence-electron chi connectivity index (χ0n) is 19.2. The number of thioether (sulfide) groups is 1. The van der Waals surface area contributed by atoms with Crippen molar-refractivity contribution in [1.29, 1.82) is 0 Å². The number of para-hydroxylation sites is 1. The molecule has 0 bridgehead atoms. The van der Waals surface area contributed by atoms with Crippen LogP contribution in [-0.2, 0) is 9.59 Å². The number of hydrogen-bond donors (Lipinski definition) is 1. The normalized spacial score (nSPS) is 14.7. The Kier molecular flexibility index (Phi) is 8.85. The fourth-order valence-corrected chi connectivity index (χ4v) is 4.33. The van der Waals surface area contributed by atoms with Gasteiger partial charge < -0.3 is 19.9 Å². The molecule has 7 heteroatoms. The van der Waals surface area contributed by atoms with E-state index in [9.17, 15) is 9.59 Å². The Morgan fingerprint density at radius 1 is 1.03 bits per heavy atom. The van der Waals surface area contributed by atoms with Crippen LogP contribution in [0.3, 0.4) is 0 Å². The lowest BCUT2D eigenvalue weighted by molar-refractivity contribution is -0.137. The van der Waals surface area contributed by atoms with Gasteiger partial charge in [0.15, 0.2) is 6.61 Å². The van der Waals surface area contributed by atoms with Gasteiger partial charge in [-0.25, -0.2) is 0 Å². The van der Waals surface area contributed by atoms with Crippen molar-refractivity contribution in [3.63, 3.8) is 0 Å². The van der Waals surface area contributed by atoms with Gasteiger partial charge in [0.25, 0.3) is 5.91 Å². The van der Waals surface area contributed by atoms with Crippen molar-refractivity contribution in [2.45, 2.75) is 26.3 Å². The molecule has 1 fully saturated rings. The van der Waals surface area contributed by atoms with E-state index in [4.69, 9.17) is 4.74 Å². The average Bonchev–Trinajstić information content (AvgIpc) is 2.82. The molecule has 2 amide bonds. The molecule has 2 aromatic carbocycles. The molecule has 6 nitrogen and oxygen atoms in total. The number of nitrogens with one attached hydrogen (secondary N) is 1. The highest BCUT2D eigenvalue weighted by atomic mass is 32.2. The summed E-state index contributed by atoms with van der Waals surface area (Å²) in [6, 6.07) is 15.0. The molecular weight excluding hydrogens is 422 g/mol. The lowest BCUT2D eigenvalue weighted by Crippen LogP contribution is -2.55. The maximum Gasteiger partial charge on any atom is 0.258 e. The first-order valence-corrected chi connectivity index (χ1v) is 12.4. The van der Waals surface area contributed by atoms with Crippen molar-refractivity contribution in [1.82, 2.24) is 10.2 Å². The number of ether oxygens (including phenoxy) is 1. The first-order chi connectivity index (χ1) is 15.5. The lowest BCUT2D eigenvalue weighted by Gasteiger charge is -2.38. The van der Waals surface area contributed by atoms with E-state index >= 15 is 0 Å². The number of piperazine rings is 1. The van der Waals surface area contributed by atoms with Gasteiger partial charge in [-0.1, -0.05) is 30.3 Å². The Morgan fingerprint density at radius 3 is 2.44 bits per heavy atom. The summed E-state index contributed by atoms with van der Waals surface area (Å²) in [5.41, 5.74) is 3.80. The van der Waals surface area contributed by atoms with Crippen molar-refractivity contribution in [3.8, 4) is 5.75 Å². The van der Waals surface area contributed by atoms with E-state index in [2.05, 4.69) is 42.3 Å². The Labute approximate surface area is 195 Å². The van der Waals surface area contributed by atoms with E-state index in [-0.39, 0.29) is 18.4 Å². The maximum atomic E-state index is 13.2. The molecule has 172 valence electrons. The molecule has 3 rings (SSSR count). The molecule has 32 heavy (non-hydrogen) atoms. The Morgan fingerprint density at radius 2 is 1.75 bits per heavy atom. The van der Waals surface area contributed by atoms with Gasteiger partial charge in [-0.15, -0.1) is 0 Å². The van der Waals surface area contributed by atoms with Gasteiger partial charge in [0.2, 0.25) is 5.91 Å². The van der Waals surface area contributed by atoms with E-state index in [1.165, 1.54) is 16.8 Å². The minimum Gasteiger partial charge on any atom is -0.484 e. The van der Waals surface area contributed by atoms with E-state index in [0.717, 1.165) is 18.8 Å². The molecular formula is C25H33N3O3S. The quantitative estimate of drug-likeness (QED) is 0.629. The van der Waals surface area contributed by atoms with Crippen LogP contribution in [0.15, 0.2) is 48.5 Å². The molecule has 1 aliphatic heterocycles. The first kappa shape index (κ1) is 24.0. The second-order valence-electron chi connectivity index (χ2n) is 8.03. The van der Waals surface area contributed by atoms with Crippen LogP contribution in [0.4, 0.5) is 5.69 Å². The van der Waals surface area contributed by atoms with Crippen LogP contribution >= 0.6 is 11.8 Å². The summed E-state index contributed by atoms with van der Waals surface area (Å²) in [4.78, 5) is 29.9. The SMILES string of the molecule is CSCCC(NC(=O)COc1ccccc1)C(=O)N1CCN(c2cccc(C)c2C)CC1. The summed E-state index contributed by atoms with van der Waals surface area (Å²) in [7, 11) is 0. The van der Waals surface area contributed by atoms with Crippen LogP contribution in [0.1, 0.15) is 17.5 Å². The molecule has 0 radical (unpaired) electrons. The van der Waals surface area contributed by atoms with Crippen molar-refractivity contribution in [3.05, 3.63) is 59.7 Å². The number of rotatable bonds is 9. The predicted octanol–water partition coefficient (Wildman–Crippen LogP) is 3.27. The highest BCUT2D eigenvalue weighted by molar-refractivity contribution is 7.98. The third-order valence-corrected chi connectivity index (χ3v) is 6.51. The third-order valence-electron chi connectivity index (χ3n) is 5.87. The van der Waals surface area contributed by atoms with Crippen LogP contribution in [-0.4, -0.2) is 67.6 Å². The number of amides is 2. The van der Waals surface area contributed by atoms with Gasteiger partial charge >= 0.3 is 0 Å². The Bertz CT molecular complexity index is 899. The zero-order valence-corrected chi connectivity index (χ0v) is 20.0.